The number of carbonyl (C=O) groups excluding carboxylic acids is 1. The van der Waals surface area contributed by atoms with Gasteiger partial charge in [-0.1, -0.05) is 0 Å². The van der Waals surface area contributed by atoms with Gasteiger partial charge in [0.15, 0.2) is 6.10 Å². The number of rotatable bonds is 6. The first-order chi connectivity index (χ1) is 7.97. The molecule has 0 amide bonds. The van der Waals surface area contributed by atoms with Crippen molar-refractivity contribution in [2.24, 2.45) is 0 Å². The first kappa shape index (κ1) is 13.7. The van der Waals surface area contributed by atoms with E-state index in [4.69, 9.17) is 10.2 Å². The molecule has 0 saturated carbocycles. The first-order valence-corrected chi connectivity index (χ1v) is 4.88. The standard InChI is InChI=1S/C9H14O8/c1-4(11)3-15-17-8-6(13)9(14)16-7(8)5(12)2-10/h4-5,7,10-13H,2-3H2,1H3/t4?,5-,7+/m0/s1. The van der Waals surface area contributed by atoms with Crippen LogP contribution >= 0.6 is 0 Å². The maximum Gasteiger partial charge on any atom is 0.378 e. The highest BCUT2D eigenvalue weighted by atomic mass is 17.2. The lowest BCUT2D eigenvalue weighted by Crippen LogP contribution is -2.32. The lowest BCUT2D eigenvalue weighted by Gasteiger charge is -2.17. The maximum absolute atomic E-state index is 11.0. The minimum absolute atomic E-state index is 0.201. The Balaban J connectivity index is 2.66. The van der Waals surface area contributed by atoms with E-state index in [1.165, 1.54) is 6.92 Å². The molecule has 0 bridgehead atoms. The van der Waals surface area contributed by atoms with E-state index in [-0.39, 0.29) is 6.61 Å². The van der Waals surface area contributed by atoms with E-state index in [2.05, 4.69) is 14.5 Å². The Morgan fingerprint density at radius 3 is 2.65 bits per heavy atom. The third kappa shape index (κ3) is 3.30. The molecule has 0 aromatic rings. The Bertz CT molecular complexity index is 310. The van der Waals surface area contributed by atoms with Gasteiger partial charge in [-0.25, -0.2) is 4.79 Å². The van der Waals surface area contributed by atoms with Crippen molar-refractivity contribution < 1.29 is 39.7 Å². The number of esters is 1. The molecule has 1 heterocycles. The van der Waals surface area contributed by atoms with Gasteiger partial charge in [0.25, 0.3) is 0 Å². The summed E-state index contributed by atoms with van der Waals surface area (Å²) in [6.07, 6.45) is -3.58. The van der Waals surface area contributed by atoms with E-state index in [9.17, 15) is 15.0 Å². The smallest absolute Gasteiger partial charge is 0.378 e. The molecule has 0 aromatic heterocycles. The molecule has 0 spiro atoms. The molecule has 98 valence electrons. The van der Waals surface area contributed by atoms with Crippen LogP contribution in [0.3, 0.4) is 0 Å². The highest BCUT2D eigenvalue weighted by Crippen LogP contribution is 2.24. The second-order valence-electron chi connectivity index (χ2n) is 3.51. The second-order valence-corrected chi connectivity index (χ2v) is 3.51. The summed E-state index contributed by atoms with van der Waals surface area (Å²) in [5.74, 6) is -2.36. The topological polar surface area (TPSA) is 126 Å². The maximum atomic E-state index is 11.0. The molecule has 3 atom stereocenters. The number of aliphatic hydroxyl groups excluding tert-OH is 4. The van der Waals surface area contributed by atoms with E-state index in [1.54, 1.807) is 0 Å². The summed E-state index contributed by atoms with van der Waals surface area (Å²) in [4.78, 5) is 20.1. The second kappa shape index (κ2) is 5.82. The van der Waals surface area contributed by atoms with Gasteiger partial charge >= 0.3 is 5.97 Å². The molecule has 1 unspecified atom stereocenters. The van der Waals surface area contributed by atoms with Crippen LogP contribution < -0.4 is 0 Å². The van der Waals surface area contributed by atoms with Crippen LogP contribution in [0.25, 0.3) is 0 Å². The minimum Gasteiger partial charge on any atom is -0.499 e. The molecule has 0 aromatic carbocycles. The summed E-state index contributed by atoms with van der Waals surface area (Å²) in [6.45, 7) is 0.551. The van der Waals surface area contributed by atoms with Crippen LogP contribution in [0.15, 0.2) is 11.5 Å². The summed E-state index contributed by atoms with van der Waals surface area (Å²) in [5, 5.41) is 36.2. The molecule has 1 aliphatic rings. The predicted octanol–water partition coefficient (Wildman–Crippen LogP) is -1.64. The Labute approximate surface area is 96.6 Å². The molecule has 8 nitrogen and oxygen atoms in total. The first-order valence-electron chi connectivity index (χ1n) is 4.88. The van der Waals surface area contributed by atoms with Gasteiger partial charge in [0.05, 0.1) is 12.7 Å². The summed E-state index contributed by atoms with van der Waals surface area (Å²) >= 11 is 0. The highest BCUT2D eigenvalue weighted by Gasteiger charge is 2.41. The van der Waals surface area contributed by atoms with Crippen LogP contribution in [0.2, 0.25) is 0 Å². The summed E-state index contributed by atoms with van der Waals surface area (Å²) in [6, 6.07) is 0. The largest absolute Gasteiger partial charge is 0.499 e. The fourth-order valence-electron chi connectivity index (χ4n) is 1.09. The molecule has 17 heavy (non-hydrogen) atoms. The van der Waals surface area contributed by atoms with Crippen molar-refractivity contribution in [2.45, 2.75) is 25.2 Å². The SMILES string of the molecule is CC(O)COOC1=C(O)C(=O)O[C@@H]1[C@@H](O)CO. The van der Waals surface area contributed by atoms with Crippen LogP contribution in [-0.4, -0.2) is 57.9 Å². The van der Waals surface area contributed by atoms with Crippen LogP contribution in [0.1, 0.15) is 6.92 Å². The molecular formula is C9H14O8. The quantitative estimate of drug-likeness (QED) is 0.251. The highest BCUT2D eigenvalue weighted by molar-refractivity contribution is 5.89. The fraction of sp³-hybridized carbons (Fsp3) is 0.667. The zero-order valence-corrected chi connectivity index (χ0v) is 9.07. The van der Waals surface area contributed by atoms with Crippen molar-refractivity contribution in [1.82, 2.24) is 0 Å². The molecule has 0 aliphatic carbocycles. The van der Waals surface area contributed by atoms with Crippen molar-refractivity contribution in [2.75, 3.05) is 13.2 Å². The van der Waals surface area contributed by atoms with E-state index in [0.29, 0.717) is 0 Å². The molecule has 1 rings (SSSR count). The van der Waals surface area contributed by atoms with E-state index in [0.717, 1.165) is 0 Å². The Kier molecular flexibility index (Phi) is 4.70. The van der Waals surface area contributed by atoms with Gasteiger partial charge in [-0.15, -0.1) is 0 Å². The minimum atomic E-state index is -1.44. The number of cyclic esters (lactones) is 1. The van der Waals surface area contributed by atoms with Crippen molar-refractivity contribution in [3.8, 4) is 0 Å². The van der Waals surface area contributed by atoms with Crippen molar-refractivity contribution in [3.05, 3.63) is 11.5 Å². The Morgan fingerprint density at radius 1 is 1.47 bits per heavy atom. The Morgan fingerprint density at radius 2 is 2.12 bits per heavy atom. The summed E-state index contributed by atoms with van der Waals surface area (Å²) < 4.78 is 4.56. The van der Waals surface area contributed by atoms with Gasteiger partial charge in [0.1, 0.15) is 12.7 Å². The van der Waals surface area contributed by atoms with E-state index < -0.39 is 42.4 Å². The van der Waals surface area contributed by atoms with Crippen LogP contribution in [0.5, 0.6) is 0 Å². The average Bonchev–Trinajstić information content (AvgIpc) is 2.55. The number of carbonyl (C=O) groups is 1. The van der Waals surface area contributed by atoms with Gasteiger partial charge in [0, 0.05) is 0 Å². The zero-order chi connectivity index (χ0) is 13.0. The van der Waals surface area contributed by atoms with Crippen LogP contribution in [0.4, 0.5) is 0 Å². The third-order valence-corrected chi connectivity index (χ3v) is 1.91. The van der Waals surface area contributed by atoms with Gasteiger partial charge in [-0.05, 0) is 6.92 Å². The van der Waals surface area contributed by atoms with E-state index in [1.807, 2.05) is 0 Å². The van der Waals surface area contributed by atoms with Gasteiger partial charge in [-0.2, -0.15) is 4.89 Å². The van der Waals surface area contributed by atoms with Gasteiger partial charge in [0.2, 0.25) is 11.5 Å². The average molecular weight is 250 g/mol. The molecule has 0 radical (unpaired) electrons. The number of aliphatic hydroxyl groups is 4. The number of hydrogen-bond acceptors (Lipinski definition) is 8. The van der Waals surface area contributed by atoms with E-state index >= 15 is 0 Å². The normalized spacial score (nSPS) is 23.5. The monoisotopic (exact) mass is 250 g/mol. The predicted molar refractivity (Wildman–Crippen MR) is 51.3 cm³/mol. The fourth-order valence-corrected chi connectivity index (χ4v) is 1.09. The van der Waals surface area contributed by atoms with Crippen molar-refractivity contribution in [1.29, 1.82) is 0 Å². The summed E-state index contributed by atoms with van der Waals surface area (Å²) in [7, 11) is 0. The molecular weight excluding hydrogens is 236 g/mol. The molecule has 8 heteroatoms. The van der Waals surface area contributed by atoms with Crippen LogP contribution in [0, 0.1) is 0 Å². The summed E-state index contributed by atoms with van der Waals surface area (Å²) in [5.41, 5.74) is 0. The molecule has 0 saturated heterocycles. The third-order valence-electron chi connectivity index (χ3n) is 1.91. The molecule has 4 N–H and O–H groups in total. The zero-order valence-electron chi connectivity index (χ0n) is 9.07. The lowest BCUT2D eigenvalue weighted by atomic mass is 10.2. The number of ether oxygens (including phenoxy) is 1. The number of hydrogen-bond donors (Lipinski definition) is 4. The Hall–Kier alpha value is -1.35. The van der Waals surface area contributed by atoms with Crippen molar-refractivity contribution in [3.63, 3.8) is 0 Å². The lowest BCUT2D eigenvalue weighted by molar-refractivity contribution is -0.284. The van der Waals surface area contributed by atoms with Gasteiger partial charge in [-0.3, -0.25) is 0 Å². The molecule has 0 fully saturated rings. The van der Waals surface area contributed by atoms with Crippen LogP contribution in [-0.2, 0) is 19.3 Å². The van der Waals surface area contributed by atoms with Crippen molar-refractivity contribution >= 4 is 5.97 Å². The molecule has 1 aliphatic heterocycles. The van der Waals surface area contributed by atoms with Gasteiger partial charge < -0.3 is 30.1 Å².